The lowest BCUT2D eigenvalue weighted by atomic mass is 10.1. The van der Waals surface area contributed by atoms with Gasteiger partial charge in [-0.25, -0.2) is 4.98 Å². The quantitative estimate of drug-likeness (QED) is 0.514. The van der Waals surface area contributed by atoms with Gasteiger partial charge in [-0.2, -0.15) is 0 Å². The van der Waals surface area contributed by atoms with Gasteiger partial charge in [0.05, 0.1) is 16.2 Å². The summed E-state index contributed by atoms with van der Waals surface area (Å²) in [6.07, 6.45) is 2.98. The van der Waals surface area contributed by atoms with Crippen LogP contribution in [-0.4, -0.2) is 20.8 Å². The van der Waals surface area contributed by atoms with Gasteiger partial charge in [0.15, 0.2) is 5.69 Å². The van der Waals surface area contributed by atoms with Crippen LogP contribution >= 0.6 is 12.2 Å². The number of nitrogens with zero attached hydrogens (tertiary/aromatic N) is 2. The predicted molar refractivity (Wildman–Crippen MR) is 75.8 cm³/mol. The zero-order valence-corrected chi connectivity index (χ0v) is 11.2. The van der Waals surface area contributed by atoms with Crippen LogP contribution in [0.4, 0.5) is 11.4 Å². The normalized spacial score (nSPS) is 10.1. The molecule has 0 unspecified atom stereocenters. The van der Waals surface area contributed by atoms with E-state index in [1.54, 1.807) is 12.3 Å². The molecule has 2 heterocycles. The highest BCUT2D eigenvalue weighted by Gasteiger charge is 2.20. The van der Waals surface area contributed by atoms with Gasteiger partial charge in [0, 0.05) is 25.4 Å². The van der Waals surface area contributed by atoms with Crippen molar-refractivity contribution in [2.24, 2.45) is 0 Å². The molecule has 0 radical (unpaired) electrons. The van der Waals surface area contributed by atoms with Crippen molar-refractivity contribution < 1.29 is 9.72 Å². The molecule has 2 rings (SSSR count). The van der Waals surface area contributed by atoms with E-state index >= 15 is 0 Å². The zero-order valence-electron chi connectivity index (χ0n) is 10.4. The minimum absolute atomic E-state index is 0.114. The number of carbonyl (C=O) groups is 1. The average Bonchev–Trinajstić information content (AvgIpc) is 2.38. The second-order valence-electron chi connectivity index (χ2n) is 3.90. The number of rotatable bonds is 3. The van der Waals surface area contributed by atoms with Gasteiger partial charge < -0.3 is 10.3 Å². The van der Waals surface area contributed by atoms with E-state index in [9.17, 15) is 14.9 Å². The number of hydrogen-bond donors (Lipinski definition) is 2. The summed E-state index contributed by atoms with van der Waals surface area (Å²) in [6.45, 7) is 1.34. The summed E-state index contributed by atoms with van der Waals surface area (Å²) in [6, 6.07) is 4.38. The standard InChI is InChI=1S/C12H10N4O3S/c1-7(17)15-8-4-6-14-12(20)10(8)11-9(16(18)19)3-2-5-13-11/h2-6H,1H3,(H2,14,15,17,20). The average molecular weight is 290 g/mol. The lowest BCUT2D eigenvalue weighted by Crippen LogP contribution is -2.08. The van der Waals surface area contributed by atoms with Crippen molar-refractivity contribution in [3.63, 3.8) is 0 Å². The largest absolute Gasteiger partial charge is 0.352 e. The van der Waals surface area contributed by atoms with E-state index in [1.807, 2.05) is 0 Å². The topological polar surface area (TPSA) is 101 Å². The van der Waals surface area contributed by atoms with Crippen molar-refractivity contribution in [1.82, 2.24) is 9.97 Å². The van der Waals surface area contributed by atoms with Crippen LogP contribution in [0.1, 0.15) is 6.92 Å². The first-order valence-electron chi connectivity index (χ1n) is 5.59. The Labute approximate surface area is 118 Å². The summed E-state index contributed by atoms with van der Waals surface area (Å²) in [5, 5.41) is 13.7. The van der Waals surface area contributed by atoms with E-state index in [4.69, 9.17) is 12.2 Å². The predicted octanol–water partition coefficient (Wildman–Crippen LogP) is 2.67. The molecule has 0 saturated heterocycles. The van der Waals surface area contributed by atoms with Gasteiger partial charge in [0.2, 0.25) is 5.91 Å². The molecule has 0 fully saturated rings. The fourth-order valence-corrected chi connectivity index (χ4v) is 2.02. The maximum Gasteiger partial charge on any atom is 0.295 e. The molecule has 0 atom stereocenters. The lowest BCUT2D eigenvalue weighted by molar-refractivity contribution is -0.384. The second kappa shape index (κ2) is 5.57. The number of anilines is 1. The number of pyridine rings is 2. The molecule has 2 aromatic heterocycles. The molecule has 7 nitrogen and oxygen atoms in total. The molecule has 0 aliphatic heterocycles. The van der Waals surface area contributed by atoms with Crippen molar-refractivity contribution in [2.75, 3.05) is 5.32 Å². The summed E-state index contributed by atoms with van der Waals surface area (Å²) >= 11 is 5.15. The van der Waals surface area contributed by atoms with Gasteiger partial charge in [-0.05, 0) is 12.1 Å². The first-order valence-corrected chi connectivity index (χ1v) is 6.00. The van der Waals surface area contributed by atoms with Crippen LogP contribution in [0.15, 0.2) is 30.6 Å². The fraction of sp³-hybridized carbons (Fsp3) is 0.0833. The minimum atomic E-state index is -0.540. The first kappa shape index (κ1) is 13.8. The van der Waals surface area contributed by atoms with Crippen LogP contribution in [-0.2, 0) is 4.79 Å². The highest BCUT2D eigenvalue weighted by Crippen LogP contribution is 2.33. The monoisotopic (exact) mass is 290 g/mol. The van der Waals surface area contributed by atoms with E-state index in [-0.39, 0.29) is 21.9 Å². The van der Waals surface area contributed by atoms with Crippen molar-refractivity contribution >= 4 is 29.5 Å². The number of carbonyl (C=O) groups excluding carboxylic acids is 1. The van der Waals surface area contributed by atoms with Crippen molar-refractivity contribution in [1.29, 1.82) is 0 Å². The molecule has 0 bridgehead atoms. The Morgan fingerprint density at radius 1 is 1.50 bits per heavy atom. The molecule has 2 aromatic rings. The van der Waals surface area contributed by atoms with Gasteiger partial charge in [-0.15, -0.1) is 0 Å². The fourth-order valence-electron chi connectivity index (χ4n) is 1.74. The summed E-state index contributed by atoms with van der Waals surface area (Å²) in [5.41, 5.74) is 0.640. The van der Waals surface area contributed by atoms with Crippen LogP contribution < -0.4 is 5.32 Å². The lowest BCUT2D eigenvalue weighted by Gasteiger charge is -2.09. The van der Waals surface area contributed by atoms with Gasteiger partial charge in [-0.1, -0.05) is 12.2 Å². The number of H-pyrrole nitrogens is 1. The third-order valence-corrected chi connectivity index (χ3v) is 2.81. The molecule has 0 aliphatic rings. The molecule has 1 amide bonds. The Hall–Kier alpha value is -2.61. The highest BCUT2D eigenvalue weighted by molar-refractivity contribution is 7.71. The summed E-state index contributed by atoms with van der Waals surface area (Å²) in [4.78, 5) is 28.5. The van der Waals surface area contributed by atoms with E-state index < -0.39 is 4.92 Å². The first-order chi connectivity index (χ1) is 9.50. The Morgan fingerprint density at radius 2 is 2.25 bits per heavy atom. The van der Waals surface area contributed by atoms with E-state index in [0.29, 0.717) is 11.3 Å². The van der Waals surface area contributed by atoms with Gasteiger partial charge in [-0.3, -0.25) is 14.9 Å². The van der Waals surface area contributed by atoms with E-state index in [0.717, 1.165) is 0 Å². The van der Waals surface area contributed by atoms with Crippen molar-refractivity contribution in [3.05, 3.63) is 45.3 Å². The summed E-state index contributed by atoms with van der Waals surface area (Å²) < 4.78 is 0.262. The van der Waals surface area contributed by atoms with Crippen LogP contribution in [0.2, 0.25) is 0 Å². The molecule has 8 heteroatoms. The molecule has 20 heavy (non-hydrogen) atoms. The molecule has 2 N–H and O–H groups in total. The SMILES string of the molecule is CC(=O)Nc1cc[nH]c(=S)c1-c1ncccc1[N+](=O)[O-]. The number of aromatic amines is 1. The molecule has 102 valence electrons. The number of hydrogen-bond acceptors (Lipinski definition) is 5. The highest BCUT2D eigenvalue weighted by atomic mass is 32.1. The van der Waals surface area contributed by atoms with Gasteiger partial charge in [0.1, 0.15) is 4.64 Å². The number of amides is 1. The Kier molecular flexibility index (Phi) is 3.85. The molecule has 0 aliphatic carbocycles. The van der Waals surface area contributed by atoms with Crippen molar-refractivity contribution in [2.45, 2.75) is 6.92 Å². The third-order valence-electron chi connectivity index (χ3n) is 2.49. The smallest absolute Gasteiger partial charge is 0.295 e. The van der Waals surface area contributed by atoms with E-state index in [2.05, 4.69) is 15.3 Å². The van der Waals surface area contributed by atoms with Crippen molar-refractivity contribution in [3.8, 4) is 11.3 Å². The second-order valence-corrected chi connectivity index (χ2v) is 4.31. The maximum absolute atomic E-state index is 11.2. The Balaban J connectivity index is 2.72. The van der Waals surface area contributed by atoms with Crippen LogP contribution in [0, 0.1) is 14.8 Å². The summed E-state index contributed by atoms with van der Waals surface area (Å²) in [7, 11) is 0. The molecular formula is C12H10N4O3S. The maximum atomic E-state index is 11.2. The Bertz CT molecular complexity index is 741. The van der Waals surface area contributed by atoms with Crippen LogP contribution in [0.3, 0.4) is 0 Å². The molecular weight excluding hydrogens is 280 g/mol. The van der Waals surface area contributed by atoms with Gasteiger partial charge >= 0.3 is 0 Å². The molecule has 0 spiro atoms. The van der Waals surface area contributed by atoms with Gasteiger partial charge in [0.25, 0.3) is 5.69 Å². The molecule has 0 aromatic carbocycles. The zero-order chi connectivity index (χ0) is 14.7. The van der Waals surface area contributed by atoms with Crippen LogP contribution in [0.25, 0.3) is 11.3 Å². The number of nitro groups is 1. The summed E-state index contributed by atoms with van der Waals surface area (Å²) in [5.74, 6) is -0.301. The molecule has 0 saturated carbocycles. The third kappa shape index (κ3) is 2.69. The number of nitrogens with one attached hydrogen (secondary N) is 2. The number of aromatic nitrogens is 2. The Morgan fingerprint density at radius 3 is 2.90 bits per heavy atom. The minimum Gasteiger partial charge on any atom is -0.352 e. The van der Waals surface area contributed by atoms with E-state index in [1.165, 1.54) is 25.3 Å². The van der Waals surface area contributed by atoms with Crippen LogP contribution in [0.5, 0.6) is 0 Å².